The number of amides is 1. The summed E-state index contributed by atoms with van der Waals surface area (Å²) in [6.07, 6.45) is 1.48. The zero-order chi connectivity index (χ0) is 16.4. The van der Waals surface area contributed by atoms with Gasteiger partial charge >= 0.3 is 0 Å². The number of ketones is 1. The van der Waals surface area contributed by atoms with E-state index in [9.17, 15) is 9.59 Å². The lowest BCUT2D eigenvalue weighted by molar-refractivity contribution is -0.123. The molecule has 1 aromatic rings. The van der Waals surface area contributed by atoms with Gasteiger partial charge < -0.3 is 15.2 Å². The van der Waals surface area contributed by atoms with Crippen LogP contribution in [-0.2, 0) is 4.79 Å². The van der Waals surface area contributed by atoms with Gasteiger partial charge in [-0.15, -0.1) is 0 Å². The molecule has 2 N–H and O–H groups in total. The van der Waals surface area contributed by atoms with Crippen molar-refractivity contribution in [2.24, 2.45) is 11.7 Å². The van der Waals surface area contributed by atoms with Crippen LogP contribution in [0.1, 0.15) is 30.1 Å². The van der Waals surface area contributed by atoms with Crippen LogP contribution in [0.3, 0.4) is 0 Å². The van der Waals surface area contributed by atoms with Crippen molar-refractivity contribution in [3.8, 4) is 11.5 Å². The molecule has 2 aliphatic rings. The molecule has 0 aromatic heterocycles. The molecule has 0 spiro atoms. The first-order chi connectivity index (χ1) is 11.1. The Hall–Kier alpha value is -2.08. The molecule has 0 saturated carbocycles. The summed E-state index contributed by atoms with van der Waals surface area (Å²) in [5, 5.41) is 0. The summed E-state index contributed by atoms with van der Waals surface area (Å²) in [5.41, 5.74) is 6.01. The molecule has 124 valence electrons. The third kappa shape index (κ3) is 3.32. The Bertz CT molecular complexity index is 609. The summed E-state index contributed by atoms with van der Waals surface area (Å²) in [4.78, 5) is 26.0. The summed E-state index contributed by atoms with van der Waals surface area (Å²) in [7, 11) is 0. The van der Waals surface area contributed by atoms with Crippen molar-refractivity contribution in [1.82, 2.24) is 4.90 Å². The molecule has 0 aliphatic carbocycles. The van der Waals surface area contributed by atoms with Gasteiger partial charge in [0.25, 0.3) is 0 Å². The minimum atomic E-state index is -0.318. The van der Waals surface area contributed by atoms with Crippen LogP contribution in [0.2, 0.25) is 0 Å². The van der Waals surface area contributed by atoms with E-state index in [1.165, 1.54) is 0 Å². The molecule has 0 radical (unpaired) electrons. The summed E-state index contributed by atoms with van der Waals surface area (Å²) in [5.74, 6) is 1.13. The van der Waals surface area contributed by atoms with E-state index >= 15 is 0 Å². The monoisotopic (exact) mass is 318 g/mol. The highest BCUT2D eigenvalue weighted by molar-refractivity contribution is 5.98. The predicted molar refractivity (Wildman–Crippen MR) is 84.7 cm³/mol. The summed E-state index contributed by atoms with van der Waals surface area (Å²) >= 11 is 0. The van der Waals surface area contributed by atoms with Crippen LogP contribution in [0.25, 0.3) is 0 Å². The van der Waals surface area contributed by atoms with E-state index in [-0.39, 0.29) is 23.7 Å². The Kier molecular flexibility index (Phi) is 4.52. The van der Waals surface area contributed by atoms with Crippen LogP contribution in [0.5, 0.6) is 11.5 Å². The van der Waals surface area contributed by atoms with Gasteiger partial charge in [-0.25, -0.2) is 0 Å². The zero-order valence-corrected chi connectivity index (χ0v) is 13.3. The van der Waals surface area contributed by atoms with E-state index in [1.807, 2.05) is 11.8 Å². The van der Waals surface area contributed by atoms with Gasteiger partial charge in [0.1, 0.15) is 13.2 Å². The SMILES string of the molecule is C[C@H](C(N)=O)N1CCC(C(=O)c2ccc3c(c2)OCCO3)CC1. The van der Waals surface area contributed by atoms with Gasteiger partial charge in [0.15, 0.2) is 17.3 Å². The van der Waals surface area contributed by atoms with Crippen LogP contribution >= 0.6 is 0 Å². The minimum absolute atomic E-state index is 0.0196. The fourth-order valence-electron chi connectivity index (χ4n) is 3.16. The number of benzene rings is 1. The van der Waals surface area contributed by atoms with Crippen molar-refractivity contribution in [3.05, 3.63) is 23.8 Å². The third-order valence-corrected chi connectivity index (χ3v) is 4.69. The number of hydrogen-bond donors (Lipinski definition) is 1. The van der Waals surface area contributed by atoms with Crippen molar-refractivity contribution in [1.29, 1.82) is 0 Å². The van der Waals surface area contributed by atoms with Crippen molar-refractivity contribution < 1.29 is 19.1 Å². The maximum Gasteiger partial charge on any atom is 0.234 e. The van der Waals surface area contributed by atoms with E-state index in [0.717, 1.165) is 12.8 Å². The van der Waals surface area contributed by atoms with Crippen LogP contribution < -0.4 is 15.2 Å². The highest BCUT2D eigenvalue weighted by Gasteiger charge is 2.29. The largest absolute Gasteiger partial charge is 0.486 e. The molecule has 1 fully saturated rings. The van der Waals surface area contributed by atoms with Gasteiger partial charge in [0.05, 0.1) is 6.04 Å². The Morgan fingerprint density at radius 3 is 2.48 bits per heavy atom. The lowest BCUT2D eigenvalue weighted by Gasteiger charge is -2.34. The molecule has 6 nitrogen and oxygen atoms in total. The molecular weight excluding hydrogens is 296 g/mol. The van der Waals surface area contributed by atoms with Crippen LogP contribution in [0.15, 0.2) is 18.2 Å². The number of carbonyl (C=O) groups excluding carboxylic acids is 2. The molecule has 1 saturated heterocycles. The fourth-order valence-corrected chi connectivity index (χ4v) is 3.16. The van der Waals surface area contributed by atoms with Crippen molar-refractivity contribution >= 4 is 11.7 Å². The first kappa shape index (κ1) is 15.8. The Labute approximate surface area is 135 Å². The van der Waals surface area contributed by atoms with Crippen molar-refractivity contribution in [2.45, 2.75) is 25.8 Å². The Balaban J connectivity index is 1.64. The number of hydrogen-bond acceptors (Lipinski definition) is 5. The van der Waals surface area contributed by atoms with Crippen molar-refractivity contribution in [3.63, 3.8) is 0 Å². The number of carbonyl (C=O) groups is 2. The topological polar surface area (TPSA) is 81.9 Å². The van der Waals surface area contributed by atoms with Crippen LogP contribution in [-0.4, -0.2) is 48.9 Å². The number of ether oxygens (including phenoxy) is 2. The number of nitrogens with zero attached hydrogens (tertiary/aromatic N) is 1. The molecule has 0 unspecified atom stereocenters. The first-order valence-corrected chi connectivity index (χ1v) is 8.03. The highest BCUT2D eigenvalue weighted by Crippen LogP contribution is 2.32. The number of nitrogens with two attached hydrogens (primary N) is 1. The van der Waals surface area contributed by atoms with Gasteiger partial charge in [-0.2, -0.15) is 0 Å². The molecule has 0 bridgehead atoms. The van der Waals surface area contributed by atoms with Crippen LogP contribution in [0.4, 0.5) is 0 Å². The average molecular weight is 318 g/mol. The van der Waals surface area contributed by atoms with Crippen molar-refractivity contribution in [2.75, 3.05) is 26.3 Å². The lowest BCUT2D eigenvalue weighted by atomic mass is 9.88. The van der Waals surface area contributed by atoms with Gasteiger partial charge in [0.2, 0.25) is 5.91 Å². The molecule has 1 atom stereocenters. The maximum atomic E-state index is 12.7. The molecule has 1 aromatic carbocycles. The molecule has 2 aliphatic heterocycles. The second-order valence-electron chi connectivity index (χ2n) is 6.11. The second kappa shape index (κ2) is 6.58. The number of Topliss-reactive ketones (excluding diaryl/α,β-unsaturated/α-hetero) is 1. The predicted octanol–water partition coefficient (Wildman–Crippen LogP) is 1.23. The minimum Gasteiger partial charge on any atom is -0.486 e. The molecule has 6 heteroatoms. The maximum absolute atomic E-state index is 12.7. The number of fused-ring (bicyclic) bond motifs is 1. The normalized spacial score (nSPS) is 20.0. The first-order valence-electron chi connectivity index (χ1n) is 8.03. The molecular formula is C17H22N2O4. The number of likely N-dealkylation sites (tertiary alicyclic amines) is 1. The number of primary amides is 1. The smallest absolute Gasteiger partial charge is 0.234 e. The Morgan fingerprint density at radius 1 is 1.17 bits per heavy atom. The highest BCUT2D eigenvalue weighted by atomic mass is 16.6. The molecule has 3 rings (SSSR count). The average Bonchev–Trinajstić information content (AvgIpc) is 2.60. The summed E-state index contributed by atoms with van der Waals surface area (Å²) in [6.45, 7) is 4.28. The van der Waals surface area contributed by atoms with E-state index in [2.05, 4.69) is 0 Å². The van der Waals surface area contributed by atoms with Gasteiger partial charge in [-0.3, -0.25) is 14.5 Å². The number of piperidine rings is 1. The lowest BCUT2D eigenvalue weighted by Crippen LogP contribution is -2.47. The van der Waals surface area contributed by atoms with E-state index < -0.39 is 0 Å². The molecule has 2 heterocycles. The Morgan fingerprint density at radius 2 is 1.83 bits per heavy atom. The number of rotatable bonds is 4. The fraction of sp³-hybridized carbons (Fsp3) is 0.529. The zero-order valence-electron chi connectivity index (χ0n) is 13.3. The summed E-state index contributed by atoms with van der Waals surface area (Å²) in [6, 6.07) is 5.09. The summed E-state index contributed by atoms with van der Waals surface area (Å²) < 4.78 is 11.0. The van der Waals surface area contributed by atoms with E-state index in [0.29, 0.717) is 43.4 Å². The quantitative estimate of drug-likeness (QED) is 0.844. The molecule has 1 amide bonds. The van der Waals surface area contributed by atoms with E-state index in [1.54, 1.807) is 18.2 Å². The molecule has 23 heavy (non-hydrogen) atoms. The van der Waals surface area contributed by atoms with Crippen LogP contribution in [0, 0.1) is 5.92 Å². The van der Waals surface area contributed by atoms with Gasteiger partial charge in [0, 0.05) is 11.5 Å². The standard InChI is InChI=1S/C17H22N2O4/c1-11(17(18)21)19-6-4-12(5-7-19)16(20)13-2-3-14-15(10-13)23-9-8-22-14/h2-3,10-12H,4-9H2,1H3,(H2,18,21)/t11-/m1/s1. The van der Waals surface area contributed by atoms with E-state index in [4.69, 9.17) is 15.2 Å². The third-order valence-electron chi connectivity index (χ3n) is 4.69. The van der Waals surface area contributed by atoms with Gasteiger partial charge in [-0.05, 0) is 51.1 Å². The second-order valence-corrected chi connectivity index (χ2v) is 6.11. The van der Waals surface area contributed by atoms with Gasteiger partial charge in [-0.1, -0.05) is 0 Å².